The summed E-state index contributed by atoms with van der Waals surface area (Å²) in [5, 5.41) is 23.5. The molecular formula is C15H18N4O3. The van der Waals surface area contributed by atoms with Gasteiger partial charge in [0.2, 0.25) is 5.95 Å². The molecule has 0 saturated carbocycles. The highest BCUT2D eigenvalue weighted by Crippen LogP contribution is 2.04. The Kier molecular flexibility index (Phi) is 5.81. The van der Waals surface area contributed by atoms with Crippen molar-refractivity contribution in [3.8, 4) is 0 Å². The van der Waals surface area contributed by atoms with Crippen molar-refractivity contribution in [3.63, 3.8) is 0 Å². The van der Waals surface area contributed by atoms with Gasteiger partial charge in [0.25, 0.3) is 0 Å². The van der Waals surface area contributed by atoms with Gasteiger partial charge in [0, 0.05) is 31.0 Å². The molecule has 0 saturated heterocycles. The summed E-state index contributed by atoms with van der Waals surface area (Å²) >= 11 is 0. The summed E-state index contributed by atoms with van der Waals surface area (Å²) in [5.41, 5.74) is 1.87. The molecule has 1 atom stereocenters. The van der Waals surface area contributed by atoms with Crippen LogP contribution in [0.1, 0.15) is 11.1 Å². The van der Waals surface area contributed by atoms with Gasteiger partial charge in [-0.25, -0.2) is 9.97 Å². The maximum atomic E-state index is 10.8. The first-order chi connectivity index (χ1) is 10.7. The SMILES string of the molecule is O=C(O)[C@@H](CO)NCc1cnc(NCc2ccccc2)nc1. The number of nitrogens with zero attached hydrogens (tertiary/aromatic N) is 2. The maximum Gasteiger partial charge on any atom is 0.323 e. The average Bonchev–Trinajstić information content (AvgIpc) is 2.55. The molecule has 0 aliphatic heterocycles. The van der Waals surface area contributed by atoms with E-state index in [1.54, 1.807) is 12.4 Å². The molecule has 0 unspecified atom stereocenters. The lowest BCUT2D eigenvalue weighted by Crippen LogP contribution is -2.39. The number of rotatable bonds is 8. The van der Waals surface area contributed by atoms with E-state index in [0.717, 1.165) is 11.1 Å². The first kappa shape index (κ1) is 15.9. The van der Waals surface area contributed by atoms with Gasteiger partial charge in [-0.05, 0) is 5.56 Å². The highest BCUT2D eigenvalue weighted by Gasteiger charge is 2.14. The van der Waals surface area contributed by atoms with E-state index in [1.807, 2.05) is 30.3 Å². The predicted molar refractivity (Wildman–Crippen MR) is 81.2 cm³/mol. The van der Waals surface area contributed by atoms with E-state index >= 15 is 0 Å². The molecule has 1 aromatic carbocycles. The lowest BCUT2D eigenvalue weighted by molar-refractivity contribution is -0.140. The molecule has 0 spiro atoms. The zero-order valence-electron chi connectivity index (χ0n) is 11.9. The lowest BCUT2D eigenvalue weighted by Gasteiger charge is -2.11. The minimum absolute atomic E-state index is 0.274. The zero-order chi connectivity index (χ0) is 15.8. The van der Waals surface area contributed by atoms with Gasteiger partial charge in [-0.2, -0.15) is 0 Å². The number of anilines is 1. The summed E-state index contributed by atoms with van der Waals surface area (Å²) < 4.78 is 0. The first-order valence-electron chi connectivity index (χ1n) is 6.85. The third-order valence-corrected chi connectivity index (χ3v) is 3.03. The predicted octanol–water partition coefficient (Wildman–Crippen LogP) is 0.624. The Bertz CT molecular complexity index is 589. The quantitative estimate of drug-likeness (QED) is 0.566. The van der Waals surface area contributed by atoms with Gasteiger partial charge in [-0.3, -0.25) is 10.1 Å². The van der Waals surface area contributed by atoms with E-state index in [1.165, 1.54) is 0 Å². The van der Waals surface area contributed by atoms with Crippen LogP contribution >= 0.6 is 0 Å². The summed E-state index contributed by atoms with van der Waals surface area (Å²) in [6.07, 6.45) is 3.23. The van der Waals surface area contributed by atoms with Crippen molar-refractivity contribution >= 4 is 11.9 Å². The number of nitrogens with one attached hydrogen (secondary N) is 2. The molecule has 0 fully saturated rings. The van der Waals surface area contributed by atoms with Crippen LogP contribution in [0.3, 0.4) is 0 Å². The van der Waals surface area contributed by atoms with Crippen LogP contribution in [-0.4, -0.2) is 38.8 Å². The largest absolute Gasteiger partial charge is 0.480 e. The summed E-state index contributed by atoms with van der Waals surface area (Å²) in [5.74, 6) is -0.589. The van der Waals surface area contributed by atoms with Crippen LogP contribution in [0.2, 0.25) is 0 Å². The molecule has 2 rings (SSSR count). The Balaban J connectivity index is 1.83. The molecule has 1 heterocycles. The smallest absolute Gasteiger partial charge is 0.323 e. The number of aliphatic carboxylic acids is 1. The molecule has 0 aliphatic carbocycles. The summed E-state index contributed by atoms with van der Waals surface area (Å²) in [4.78, 5) is 19.1. The molecule has 0 amide bonds. The van der Waals surface area contributed by atoms with E-state index in [9.17, 15) is 4.79 Å². The molecule has 4 N–H and O–H groups in total. The van der Waals surface area contributed by atoms with Crippen LogP contribution in [-0.2, 0) is 17.9 Å². The Morgan fingerprint density at radius 1 is 1.09 bits per heavy atom. The summed E-state index contributed by atoms with van der Waals surface area (Å²) in [7, 11) is 0. The third-order valence-electron chi connectivity index (χ3n) is 3.03. The Hall–Kier alpha value is -2.51. The lowest BCUT2D eigenvalue weighted by atomic mass is 10.2. The molecule has 116 valence electrons. The zero-order valence-corrected chi connectivity index (χ0v) is 11.9. The number of hydrogen-bond acceptors (Lipinski definition) is 6. The van der Waals surface area contributed by atoms with Gasteiger partial charge < -0.3 is 15.5 Å². The van der Waals surface area contributed by atoms with Crippen molar-refractivity contribution < 1.29 is 15.0 Å². The molecule has 2 aromatic rings. The van der Waals surface area contributed by atoms with Gasteiger partial charge in [-0.15, -0.1) is 0 Å². The fourth-order valence-corrected chi connectivity index (χ4v) is 1.79. The van der Waals surface area contributed by atoms with Crippen molar-refractivity contribution in [1.82, 2.24) is 15.3 Å². The number of aliphatic hydroxyl groups excluding tert-OH is 1. The number of carbonyl (C=O) groups is 1. The minimum atomic E-state index is -1.09. The van der Waals surface area contributed by atoms with E-state index in [4.69, 9.17) is 10.2 Å². The van der Waals surface area contributed by atoms with Crippen molar-refractivity contribution in [2.24, 2.45) is 0 Å². The van der Waals surface area contributed by atoms with E-state index < -0.39 is 18.6 Å². The standard InChI is InChI=1S/C15H18N4O3/c20-10-13(14(21)22)16-7-12-8-18-15(19-9-12)17-6-11-4-2-1-3-5-11/h1-5,8-9,13,16,20H,6-7,10H2,(H,21,22)(H,17,18,19)/t13-/m1/s1. The van der Waals surface area contributed by atoms with Gasteiger partial charge in [0.05, 0.1) is 6.61 Å². The Labute approximate surface area is 128 Å². The Morgan fingerprint density at radius 3 is 2.36 bits per heavy atom. The van der Waals surface area contributed by atoms with Crippen molar-refractivity contribution in [2.75, 3.05) is 11.9 Å². The fraction of sp³-hybridized carbons (Fsp3) is 0.267. The number of benzene rings is 1. The van der Waals surface area contributed by atoms with Gasteiger partial charge >= 0.3 is 5.97 Å². The molecule has 0 bridgehead atoms. The van der Waals surface area contributed by atoms with Crippen molar-refractivity contribution in [1.29, 1.82) is 0 Å². The summed E-state index contributed by atoms with van der Waals surface area (Å²) in [6, 6.07) is 8.91. The minimum Gasteiger partial charge on any atom is -0.480 e. The number of carboxylic acid groups (broad SMARTS) is 1. The van der Waals surface area contributed by atoms with Crippen LogP contribution in [0.5, 0.6) is 0 Å². The normalized spacial score (nSPS) is 11.9. The topological polar surface area (TPSA) is 107 Å². The highest BCUT2D eigenvalue weighted by atomic mass is 16.4. The number of aliphatic hydroxyl groups is 1. The molecule has 0 aliphatic rings. The number of hydrogen-bond donors (Lipinski definition) is 4. The van der Waals surface area contributed by atoms with Crippen LogP contribution in [0.15, 0.2) is 42.7 Å². The Morgan fingerprint density at radius 2 is 1.77 bits per heavy atom. The highest BCUT2D eigenvalue weighted by molar-refractivity contribution is 5.73. The molecule has 0 radical (unpaired) electrons. The van der Waals surface area contributed by atoms with Crippen LogP contribution in [0.4, 0.5) is 5.95 Å². The van der Waals surface area contributed by atoms with Gasteiger partial charge in [-0.1, -0.05) is 30.3 Å². The van der Waals surface area contributed by atoms with Crippen LogP contribution in [0.25, 0.3) is 0 Å². The van der Waals surface area contributed by atoms with Crippen molar-refractivity contribution in [2.45, 2.75) is 19.1 Å². The van der Waals surface area contributed by atoms with E-state index in [0.29, 0.717) is 12.5 Å². The first-order valence-corrected chi connectivity index (χ1v) is 6.85. The maximum absolute atomic E-state index is 10.8. The molecule has 1 aromatic heterocycles. The second kappa shape index (κ2) is 8.06. The van der Waals surface area contributed by atoms with Crippen molar-refractivity contribution in [3.05, 3.63) is 53.9 Å². The fourth-order valence-electron chi connectivity index (χ4n) is 1.79. The second-order valence-corrected chi connectivity index (χ2v) is 4.71. The second-order valence-electron chi connectivity index (χ2n) is 4.71. The monoisotopic (exact) mass is 302 g/mol. The third kappa shape index (κ3) is 4.80. The van der Waals surface area contributed by atoms with E-state index in [2.05, 4.69) is 20.6 Å². The van der Waals surface area contributed by atoms with Crippen LogP contribution < -0.4 is 10.6 Å². The average molecular weight is 302 g/mol. The molecule has 7 nitrogen and oxygen atoms in total. The van der Waals surface area contributed by atoms with Crippen LogP contribution in [0, 0.1) is 0 Å². The van der Waals surface area contributed by atoms with Gasteiger partial charge in [0.15, 0.2) is 0 Å². The van der Waals surface area contributed by atoms with E-state index in [-0.39, 0.29) is 6.54 Å². The van der Waals surface area contributed by atoms with Gasteiger partial charge in [0.1, 0.15) is 6.04 Å². The molecular weight excluding hydrogens is 284 g/mol. The molecule has 22 heavy (non-hydrogen) atoms. The summed E-state index contributed by atoms with van der Waals surface area (Å²) in [6.45, 7) is 0.438. The molecule has 7 heteroatoms. The number of carboxylic acids is 1. The number of aromatic nitrogens is 2.